The maximum absolute atomic E-state index is 10.7. The molecule has 0 atom stereocenters. The van der Waals surface area contributed by atoms with E-state index in [4.69, 9.17) is 5.11 Å². The zero-order valence-corrected chi connectivity index (χ0v) is 5.37. The van der Waals surface area contributed by atoms with Gasteiger partial charge in [0.2, 0.25) is 5.71 Å². The third-order valence-corrected chi connectivity index (χ3v) is 1.35. The molecule has 2 aromatic rings. The number of nitrogens with zero attached hydrogens (tertiary/aromatic N) is 1. The van der Waals surface area contributed by atoms with Gasteiger partial charge in [0.1, 0.15) is 0 Å². The van der Waals surface area contributed by atoms with Crippen molar-refractivity contribution in [1.29, 1.82) is 0 Å². The van der Waals surface area contributed by atoms with Gasteiger partial charge < -0.3 is 9.63 Å². The molecule has 56 valence electrons. The first-order chi connectivity index (χ1) is 5.27. The first kappa shape index (κ1) is 5.96. The lowest BCUT2D eigenvalue weighted by Gasteiger charge is -1.87. The summed E-state index contributed by atoms with van der Waals surface area (Å²) in [6, 6.07) is 1.30. The van der Waals surface area contributed by atoms with Gasteiger partial charge in [-0.1, -0.05) is 5.16 Å². The van der Waals surface area contributed by atoms with E-state index in [9.17, 15) is 4.79 Å². The molecule has 0 aliphatic carbocycles. The number of hydrogen-bond acceptors (Lipinski definition) is 4. The molecule has 0 saturated carbocycles. The molecule has 5 nitrogen and oxygen atoms in total. The van der Waals surface area contributed by atoms with Crippen LogP contribution in [0.2, 0.25) is 0 Å². The third kappa shape index (κ3) is 0.778. The minimum absolute atomic E-state index is 0.271. The van der Waals surface area contributed by atoms with Crippen LogP contribution >= 0.6 is 0 Å². The van der Waals surface area contributed by atoms with Crippen molar-refractivity contribution in [3.63, 3.8) is 0 Å². The van der Waals surface area contributed by atoms with Crippen molar-refractivity contribution >= 4 is 11.1 Å². The van der Waals surface area contributed by atoms with E-state index in [1.165, 1.54) is 12.3 Å². The summed E-state index contributed by atoms with van der Waals surface area (Å²) >= 11 is 0. The second kappa shape index (κ2) is 1.85. The highest BCUT2D eigenvalue weighted by Crippen LogP contribution is 2.11. The van der Waals surface area contributed by atoms with E-state index in [2.05, 4.69) is 14.7 Å². The molecular formula is C6H4N2O3. The number of H-pyrrole nitrogens is 1. The van der Waals surface area contributed by atoms with Crippen LogP contribution in [-0.4, -0.2) is 15.2 Å². The number of fused-ring (bicyclic) bond motifs is 1. The number of hydrogen-bond donors (Lipinski definition) is 2. The quantitative estimate of drug-likeness (QED) is 0.566. The fraction of sp³-hybridized carbons (Fsp3) is 0. The molecule has 11 heavy (non-hydrogen) atoms. The highest BCUT2D eigenvalue weighted by Gasteiger charge is 2.02. The molecule has 2 N–H and O–H groups in total. The maximum Gasteiger partial charge on any atom is 0.292 e. The summed E-state index contributed by atoms with van der Waals surface area (Å²) in [5, 5.41) is 12.9. The topological polar surface area (TPSA) is 79.1 Å². The number of nitrogens with one attached hydrogen (secondary N) is 1. The second-order valence-electron chi connectivity index (χ2n) is 2.09. The van der Waals surface area contributed by atoms with Gasteiger partial charge in [0.05, 0.1) is 11.6 Å². The Morgan fingerprint density at radius 1 is 1.64 bits per heavy atom. The molecule has 0 spiro atoms. The smallest absolute Gasteiger partial charge is 0.292 e. The van der Waals surface area contributed by atoms with E-state index in [1.54, 1.807) is 0 Å². The van der Waals surface area contributed by atoms with Crippen molar-refractivity contribution in [3.05, 3.63) is 22.6 Å². The van der Waals surface area contributed by atoms with Gasteiger partial charge in [0.25, 0.3) is 5.56 Å². The summed E-state index contributed by atoms with van der Waals surface area (Å²) in [5.41, 5.74) is -0.304. The van der Waals surface area contributed by atoms with Crippen LogP contribution in [-0.2, 0) is 0 Å². The van der Waals surface area contributed by atoms with Gasteiger partial charge in [-0.15, -0.1) is 0 Å². The number of pyridine rings is 1. The van der Waals surface area contributed by atoms with Gasteiger partial charge in [-0.05, 0) is 0 Å². The molecule has 0 aromatic carbocycles. The summed E-state index contributed by atoms with van der Waals surface area (Å²) in [7, 11) is 0. The van der Waals surface area contributed by atoms with Crippen molar-refractivity contribution in [1.82, 2.24) is 10.1 Å². The largest absolute Gasteiger partial charge is 0.503 e. The molecule has 0 radical (unpaired) electrons. The predicted octanol–water partition coefficient (Wildman–Crippen LogP) is 0.222. The van der Waals surface area contributed by atoms with Crippen LogP contribution in [0, 0.1) is 0 Å². The van der Waals surface area contributed by atoms with Crippen LogP contribution in [0.1, 0.15) is 0 Å². The molecule has 0 aliphatic heterocycles. The van der Waals surface area contributed by atoms with E-state index in [-0.39, 0.29) is 11.5 Å². The Kier molecular flexibility index (Phi) is 1.00. The lowest BCUT2D eigenvalue weighted by Crippen LogP contribution is -2.02. The van der Waals surface area contributed by atoms with Gasteiger partial charge in [0, 0.05) is 6.07 Å². The highest BCUT2D eigenvalue weighted by molar-refractivity contribution is 5.72. The summed E-state index contributed by atoms with van der Waals surface area (Å²) in [4.78, 5) is 13.0. The van der Waals surface area contributed by atoms with Crippen LogP contribution in [0.3, 0.4) is 0 Å². The Hall–Kier alpha value is -1.78. The van der Waals surface area contributed by atoms with E-state index in [1.807, 2.05) is 0 Å². The van der Waals surface area contributed by atoms with Gasteiger partial charge in [0.15, 0.2) is 5.75 Å². The first-order valence-electron chi connectivity index (χ1n) is 2.94. The van der Waals surface area contributed by atoms with Crippen LogP contribution in [0.25, 0.3) is 11.1 Å². The Bertz CT molecular complexity index is 442. The molecule has 0 fully saturated rings. The number of rotatable bonds is 0. The molecule has 0 unspecified atom stereocenters. The van der Waals surface area contributed by atoms with Crippen LogP contribution in [0.4, 0.5) is 0 Å². The number of aromatic amines is 1. The fourth-order valence-electron chi connectivity index (χ4n) is 0.825. The van der Waals surface area contributed by atoms with Gasteiger partial charge in [-0.25, -0.2) is 0 Å². The standard InChI is InChI=1S/C6H4N2O3/c9-4-1-3-2-7-11-6(3)8-5(4)10/h1-2,9H,(H,8,10). The van der Waals surface area contributed by atoms with Crippen LogP contribution in [0.5, 0.6) is 5.75 Å². The van der Waals surface area contributed by atoms with Crippen molar-refractivity contribution in [2.45, 2.75) is 0 Å². The summed E-state index contributed by atoms with van der Waals surface area (Å²) in [6.45, 7) is 0. The normalized spacial score (nSPS) is 10.5. The number of aromatic nitrogens is 2. The van der Waals surface area contributed by atoms with Crippen molar-refractivity contribution < 1.29 is 9.63 Å². The Morgan fingerprint density at radius 2 is 2.45 bits per heavy atom. The van der Waals surface area contributed by atoms with E-state index in [0.717, 1.165) is 0 Å². The summed E-state index contributed by atoms with van der Waals surface area (Å²) < 4.78 is 4.64. The molecule has 0 amide bonds. The predicted molar refractivity (Wildman–Crippen MR) is 36.3 cm³/mol. The van der Waals surface area contributed by atoms with Crippen LogP contribution < -0.4 is 5.56 Å². The molecule has 0 saturated heterocycles. The summed E-state index contributed by atoms with van der Waals surface area (Å²) in [5.74, 6) is -0.333. The van der Waals surface area contributed by atoms with Gasteiger partial charge in [-0.2, -0.15) is 0 Å². The summed E-state index contributed by atoms with van der Waals surface area (Å²) in [6.07, 6.45) is 1.41. The van der Waals surface area contributed by atoms with E-state index < -0.39 is 5.56 Å². The minimum Gasteiger partial charge on any atom is -0.503 e. The molecule has 2 rings (SSSR count). The second-order valence-corrected chi connectivity index (χ2v) is 2.09. The van der Waals surface area contributed by atoms with Crippen molar-refractivity contribution in [3.8, 4) is 5.75 Å². The average molecular weight is 152 g/mol. The first-order valence-corrected chi connectivity index (χ1v) is 2.94. The molecule has 2 heterocycles. The van der Waals surface area contributed by atoms with Gasteiger partial charge >= 0.3 is 0 Å². The SMILES string of the molecule is O=c1[nH]c2oncc2cc1O. The fourth-order valence-corrected chi connectivity index (χ4v) is 0.825. The molecule has 0 aliphatic rings. The van der Waals surface area contributed by atoms with E-state index >= 15 is 0 Å². The molecule has 2 aromatic heterocycles. The van der Waals surface area contributed by atoms with Crippen LogP contribution in [0.15, 0.2) is 21.6 Å². The molecule has 5 heteroatoms. The Balaban J connectivity index is 2.97. The van der Waals surface area contributed by atoms with E-state index in [0.29, 0.717) is 5.39 Å². The molecule has 0 bridgehead atoms. The zero-order valence-electron chi connectivity index (χ0n) is 5.37. The maximum atomic E-state index is 10.7. The van der Waals surface area contributed by atoms with Crippen molar-refractivity contribution in [2.24, 2.45) is 0 Å². The zero-order chi connectivity index (χ0) is 7.84. The average Bonchev–Trinajstić information content (AvgIpc) is 2.36. The Labute approximate surface area is 60.3 Å². The lowest BCUT2D eigenvalue weighted by atomic mass is 10.3. The number of aromatic hydroxyl groups is 1. The Morgan fingerprint density at radius 3 is 3.27 bits per heavy atom. The third-order valence-electron chi connectivity index (χ3n) is 1.35. The van der Waals surface area contributed by atoms with Crippen molar-refractivity contribution in [2.75, 3.05) is 0 Å². The molecular weight excluding hydrogens is 148 g/mol. The highest BCUT2D eigenvalue weighted by atomic mass is 16.5. The van der Waals surface area contributed by atoms with Gasteiger partial charge in [-0.3, -0.25) is 9.78 Å². The lowest BCUT2D eigenvalue weighted by molar-refractivity contribution is 0.443. The minimum atomic E-state index is -0.575. The monoisotopic (exact) mass is 152 g/mol.